The molecule has 5 rings (SSSR count). The lowest BCUT2D eigenvalue weighted by atomic mass is 9.99. The second-order valence-electron chi connectivity index (χ2n) is 9.71. The Morgan fingerprint density at radius 3 is 2.69 bits per heavy atom. The molecule has 1 aliphatic carbocycles. The first-order chi connectivity index (χ1) is 17.4. The molecule has 2 saturated heterocycles. The summed E-state index contributed by atoms with van der Waals surface area (Å²) in [7, 11) is -3.30. The Balaban J connectivity index is 1.25. The fourth-order valence-electron chi connectivity index (χ4n) is 4.68. The summed E-state index contributed by atoms with van der Waals surface area (Å²) in [5.74, 6) is 0.848. The monoisotopic (exact) mass is 534 g/mol. The van der Waals surface area contributed by atoms with Gasteiger partial charge in [0.2, 0.25) is 15.9 Å². The van der Waals surface area contributed by atoms with Crippen LogP contribution in [0.5, 0.6) is 0 Å². The number of piperidine rings is 1. The topological polar surface area (TPSA) is 126 Å². The summed E-state index contributed by atoms with van der Waals surface area (Å²) in [4.78, 5) is 26.2. The van der Waals surface area contributed by atoms with Crippen molar-refractivity contribution in [3.05, 3.63) is 29.7 Å². The van der Waals surface area contributed by atoms with E-state index in [-0.39, 0.29) is 17.7 Å². The van der Waals surface area contributed by atoms with E-state index in [0.717, 1.165) is 32.6 Å². The summed E-state index contributed by atoms with van der Waals surface area (Å²) < 4.78 is 32.1. The molecule has 3 aliphatic rings. The number of ether oxygens (including phenoxy) is 1. The number of rotatable bonds is 8. The molecule has 10 nitrogen and oxygen atoms in total. The number of anilines is 2. The fourth-order valence-corrected chi connectivity index (χ4v) is 6.80. The lowest BCUT2D eigenvalue weighted by molar-refractivity contribution is -0.120. The van der Waals surface area contributed by atoms with Crippen LogP contribution >= 0.6 is 11.6 Å². The minimum atomic E-state index is -3.30. The van der Waals surface area contributed by atoms with Gasteiger partial charge in [0.05, 0.1) is 34.3 Å². The van der Waals surface area contributed by atoms with E-state index in [1.807, 2.05) is 0 Å². The second kappa shape index (κ2) is 11.0. The number of amides is 1. The molecule has 3 fully saturated rings. The molecule has 1 unspecified atom stereocenters. The van der Waals surface area contributed by atoms with E-state index >= 15 is 0 Å². The maximum absolute atomic E-state index is 13.0. The Bertz CT molecular complexity index is 1200. The van der Waals surface area contributed by atoms with Crippen LogP contribution in [0.4, 0.5) is 11.6 Å². The molecule has 1 atom stereocenters. The first-order valence-corrected chi connectivity index (χ1v) is 14.4. The van der Waals surface area contributed by atoms with Crippen molar-refractivity contribution < 1.29 is 17.9 Å². The van der Waals surface area contributed by atoms with E-state index in [9.17, 15) is 13.2 Å². The lowest BCUT2D eigenvalue weighted by Gasteiger charge is -2.31. The van der Waals surface area contributed by atoms with Crippen molar-refractivity contribution in [2.75, 3.05) is 43.5 Å². The SMILES string of the molecule is O=C(Nc1cc(-c2cncc(NCC3CCOCC3)n2)c(Cl)cn1)C1CCCN(S(=O)(=O)C2CC2)C1. The van der Waals surface area contributed by atoms with Crippen molar-refractivity contribution >= 4 is 39.2 Å². The van der Waals surface area contributed by atoms with E-state index in [4.69, 9.17) is 16.3 Å². The molecule has 0 radical (unpaired) electrons. The Morgan fingerprint density at radius 1 is 1.11 bits per heavy atom. The van der Waals surface area contributed by atoms with Gasteiger partial charge in [-0.05, 0) is 50.5 Å². The van der Waals surface area contributed by atoms with Crippen molar-refractivity contribution in [1.82, 2.24) is 19.3 Å². The van der Waals surface area contributed by atoms with Gasteiger partial charge in [-0.15, -0.1) is 0 Å². The lowest BCUT2D eigenvalue weighted by Crippen LogP contribution is -2.45. The predicted molar refractivity (Wildman–Crippen MR) is 137 cm³/mol. The molecule has 2 N–H and O–H groups in total. The van der Waals surface area contributed by atoms with Gasteiger partial charge in [-0.25, -0.2) is 22.7 Å². The summed E-state index contributed by atoms with van der Waals surface area (Å²) in [6, 6.07) is 1.67. The molecule has 4 heterocycles. The van der Waals surface area contributed by atoms with E-state index in [2.05, 4.69) is 25.6 Å². The van der Waals surface area contributed by atoms with Gasteiger partial charge >= 0.3 is 0 Å². The Morgan fingerprint density at radius 2 is 1.92 bits per heavy atom. The Hall–Kier alpha value is -2.34. The number of hydrogen-bond acceptors (Lipinski definition) is 8. The van der Waals surface area contributed by atoms with E-state index < -0.39 is 15.9 Å². The maximum Gasteiger partial charge on any atom is 0.229 e. The van der Waals surface area contributed by atoms with Crippen LogP contribution in [0, 0.1) is 11.8 Å². The largest absolute Gasteiger partial charge is 0.381 e. The highest BCUT2D eigenvalue weighted by Crippen LogP contribution is 2.34. The fraction of sp³-hybridized carbons (Fsp3) is 0.583. The summed E-state index contributed by atoms with van der Waals surface area (Å²) in [6.07, 6.45) is 9.52. The van der Waals surface area contributed by atoms with Crippen LogP contribution in [0.3, 0.4) is 0 Å². The molecule has 0 spiro atoms. The van der Waals surface area contributed by atoms with Gasteiger partial charge in [-0.3, -0.25) is 9.78 Å². The number of nitrogens with zero attached hydrogens (tertiary/aromatic N) is 4. The van der Waals surface area contributed by atoms with Crippen LogP contribution in [0.25, 0.3) is 11.3 Å². The smallest absolute Gasteiger partial charge is 0.229 e. The summed E-state index contributed by atoms with van der Waals surface area (Å²) in [5, 5.41) is 6.31. The third-order valence-electron chi connectivity index (χ3n) is 6.99. The number of carbonyl (C=O) groups is 1. The molecule has 1 amide bonds. The van der Waals surface area contributed by atoms with Gasteiger partial charge in [0.25, 0.3) is 0 Å². The van der Waals surface area contributed by atoms with E-state index in [1.54, 1.807) is 18.5 Å². The molecule has 194 valence electrons. The zero-order valence-electron chi connectivity index (χ0n) is 20.0. The van der Waals surface area contributed by atoms with E-state index in [0.29, 0.717) is 66.1 Å². The number of aromatic nitrogens is 3. The van der Waals surface area contributed by atoms with Crippen LogP contribution in [-0.4, -0.2) is 71.7 Å². The standard InChI is InChI=1S/C24H31ClN6O4S/c25-20-12-28-22(30-24(32)17-2-1-7-31(15-17)36(33,34)18-3-4-18)10-19(20)21-13-26-14-23(29-21)27-11-16-5-8-35-9-6-16/h10,12-14,16-18H,1-9,11,15H2,(H,27,29)(H,28,30,32). The van der Waals surface area contributed by atoms with Gasteiger partial charge in [0.15, 0.2) is 0 Å². The van der Waals surface area contributed by atoms with Crippen LogP contribution in [0.1, 0.15) is 38.5 Å². The summed E-state index contributed by atoms with van der Waals surface area (Å²) in [6.45, 7) is 3.05. The molecule has 2 aromatic heterocycles. The highest BCUT2D eigenvalue weighted by Gasteiger charge is 2.42. The van der Waals surface area contributed by atoms with Crippen molar-refractivity contribution in [2.45, 2.75) is 43.8 Å². The van der Waals surface area contributed by atoms with Gasteiger partial charge in [-0.1, -0.05) is 11.6 Å². The number of sulfonamides is 1. The quantitative estimate of drug-likeness (QED) is 0.529. The third-order valence-corrected chi connectivity index (χ3v) is 9.66. The average Bonchev–Trinajstić information content (AvgIpc) is 3.76. The zero-order valence-corrected chi connectivity index (χ0v) is 21.6. The molecular weight excluding hydrogens is 504 g/mol. The van der Waals surface area contributed by atoms with Crippen molar-refractivity contribution in [3.63, 3.8) is 0 Å². The molecular formula is C24H31ClN6O4S. The zero-order chi connectivity index (χ0) is 25.1. The third kappa shape index (κ3) is 5.96. The molecule has 2 aliphatic heterocycles. The highest BCUT2D eigenvalue weighted by atomic mass is 35.5. The first kappa shape index (κ1) is 25.3. The van der Waals surface area contributed by atoms with Crippen LogP contribution < -0.4 is 10.6 Å². The highest BCUT2D eigenvalue weighted by molar-refractivity contribution is 7.90. The van der Waals surface area contributed by atoms with Crippen LogP contribution in [-0.2, 0) is 19.6 Å². The van der Waals surface area contributed by atoms with Gasteiger partial charge in [0, 0.05) is 44.6 Å². The van der Waals surface area contributed by atoms with Crippen molar-refractivity contribution in [3.8, 4) is 11.3 Å². The number of carbonyl (C=O) groups excluding carboxylic acids is 1. The van der Waals surface area contributed by atoms with Gasteiger partial charge in [0.1, 0.15) is 11.6 Å². The van der Waals surface area contributed by atoms with Crippen LogP contribution in [0.2, 0.25) is 5.02 Å². The van der Waals surface area contributed by atoms with E-state index in [1.165, 1.54) is 10.5 Å². The van der Waals surface area contributed by atoms with Gasteiger partial charge in [-0.2, -0.15) is 0 Å². The van der Waals surface area contributed by atoms with Gasteiger partial charge < -0.3 is 15.4 Å². The number of hydrogen-bond donors (Lipinski definition) is 2. The molecule has 1 saturated carbocycles. The number of pyridine rings is 1. The molecule has 12 heteroatoms. The minimum Gasteiger partial charge on any atom is -0.381 e. The predicted octanol–water partition coefficient (Wildman–Crippen LogP) is 3.17. The number of nitrogens with one attached hydrogen (secondary N) is 2. The van der Waals surface area contributed by atoms with Crippen molar-refractivity contribution in [2.24, 2.45) is 11.8 Å². The average molecular weight is 535 g/mol. The second-order valence-corrected chi connectivity index (χ2v) is 12.3. The summed E-state index contributed by atoms with van der Waals surface area (Å²) >= 11 is 6.42. The number of halogens is 1. The molecule has 36 heavy (non-hydrogen) atoms. The first-order valence-electron chi connectivity index (χ1n) is 12.5. The minimum absolute atomic E-state index is 0.206. The maximum atomic E-state index is 13.0. The van der Waals surface area contributed by atoms with Crippen molar-refractivity contribution in [1.29, 1.82) is 0 Å². The molecule has 2 aromatic rings. The molecule has 0 bridgehead atoms. The van der Waals surface area contributed by atoms with Crippen LogP contribution in [0.15, 0.2) is 24.7 Å². The molecule has 0 aromatic carbocycles. The Kier molecular flexibility index (Phi) is 7.71. The Labute approximate surface area is 216 Å². The normalized spacial score (nSPS) is 21.8. The summed E-state index contributed by atoms with van der Waals surface area (Å²) in [5.41, 5.74) is 1.17.